The first-order valence-electron chi connectivity index (χ1n) is 8.19. The largest absolute Gasteiger partial charge is 0.487 e. The first kappa shape index (κ1) is 19.2. The summed E-state index contributed by atoms with van der Waals surface area (Å²) in [6, 6.07) is 13.4. The Bertz CT molecular complexity index is 952. The number of amides is 2. The topological polar surface area (TPSA) is 67.8 Å². The molecular weight excluding hydrogens is 384 g/mol. The van der Waals surface area contributed by atoms with Gasteiger partial charge in [0.1, 0.15) is 12.4 Å². The molecule has 2 aromatic rings. The molecule has 1 aliphatic heterocycles. The van der Waals surface area contributed by atoms with Crippen molar-refractivity contribution in [3.63, 3.8) is 0 Å². The molecule has 0 fully saturated rings. The Morgan fingerprint density at radius 2 is 2.00 bits per heavy atom. The minimum absolute atomic E-state index is 0.270. The van der Waals surface area contributed by atoms with Crippen molar-refractivity contribution in [3.8, 4) is 5.75 Å². The molecule has 3 rings (SSSR count). The van der Waals surface area contributed by atoms with Gasteiger partial charge in [0.05, 0.1) is 9.93 Å². The summed E-state index contributed by atoms with van der Waals surface area (Å²) in [6.07, 6.45) is 1.68. The number of carbonyl (C=O) groups excluding carboxylic acids is 2. The number of rotatable bonds is 4. The highest BCUT2D eigenvalue weighted by Gasteiger charge is 2.22. The summed E-state index contributed by atoms with van der Waals surface area (Å²) in [5.74, 6) is -0.0898. The third kappa shape index (κ3) is 5.21. The molecule has 0 atom stereocenters. The van der Waals surface area contributed by atoms with Gasteiger partial charge in [-0.05, 0) is 48.0 Å². The molecule has 0 saturated carbocycles. The van der Waals surface area contributed by atoms with Gasteiger partial charge in [0.2, 0.25) is 5.91 Å². The summed E-state index contributed by atoms with van der Waals surface area (Å²) in [6.45, 7) is 3.82. The second-order valence-electron chi connectivity index (χ2n) is 5.98. The predicted octanol–water partition coefficient (Wildman–Crippen LogP) is 4.33. The van der Waals surface area contributed by atoms with Crippen molar-refractivity contribution in [2.75, 3.05) is 0 Å². The number of carbonyl (C=O) groups is 2. The first-order valence-corrected chi connectivity index (χ1v) is 9.38. The number of benzene rings is 2. The molecular formula is C20H17ClN2O3S. The van der Waals surface area contributed by atoms with Crippen molar-refractivity contribution in [3.05, 3.63) is 69.1 Å². The monoisotopic (exact) mass is 400 g/mol. The van der Waals surface area contributed by atoms with E-state index in [1.54, 1.807) is 18.2 Å². The zero-order valence-electron chi connectivity index (χ0n) is 14.8. The molecule has 7 heteroatoms. The molecule has 2 amide bonds. The van der Waals surface area contributed by atoms with E-state index < -0.39 is 0 Å². The number of hydrogen-bond acceptors (Lipinski definition) is 4. The Labute approximate surface area is 166 Å². The maximum absolute atomic E-state index is 11.9. The van der Waals surface area contributed by atoms with Crippen molar-refractivity contribution < 1.29 is 14.3 Å². The molecule has 0 spiro atoms. The number of ether oxygens (including phenoxy) is 1. The van der Waals surface area contributed by atoms with Gasteiger partial charge in [-0.25, -0.2) is 0 Å². The third-order valence-corrected chi connectivity index (χ3v) is 4.87. The van der Waals surface area contributed by atoms with E-state index in [1.165, 1.54) is 12.5 Å². The molecule has 5 nitrogen and oxygen atoms in total. The zero-order chi connectivity index (χ0) is 19.4. The normalized spacial score (nSPS) is 15.0. The fourth-order valence-corrected chi connectivity index (χ4v) is 3.44. The van der Waals surface area contributed by atoms with Crippen molar-refractivity contribution in [1.29, 1.82) is 0 Å². The van der Waals surface area contributed by atoms with Gasteiger partial charge in [-0.3, -0.25) is 9.59 Å². The standard InChI is InChI=1S/C20H17ClN2O3S/c1-12-3-5-14(6-4-12)11-26-17-8-7-15(9-16(17)21)10-18-19(25)23-20(27-18)22-13(2)24/h3-10H,11H2,1-2H3,(H,22,23,24,25)/b18-10-. The summed E-state index contributed by atoms with van der Waals surface area (Å²) in [5, 5.41) is 3.24. The molecule has 0 saturated heterocycles. The van der Waals surface area contributed by atoms with Crippen LogP contribution in [0.25, 0.3) is 6.08 Å². The number of thioether (sulfide) groups is 1. The van der Waals surface area contributed by atoms with E-state index in [-0.39, 0.29) is 17.0 Å². The second-order valence-corrected chi connectivity index (χ2v) is 7.42. The Morgan fingerprint density at radius 3 is 2.67 bits per heavy atom. The first-order chi connectivity index (χ1) is 12.9. The van der Waals surface area contributed by atoms with E-state index in [9.17, 15) is 9.59 Å². The number of hydrogen-bond donors (Lipinski definition) is 1. The number of aliphatic imine (C=N–C) groups is 1. The van der Waals surface area contributed by atoms with Crippen LogP contribution >= 0.6 is 23.4 Å². The van der Waals surface area contributed by atoms with Crippen molar-refractivity contribution in [2.45, 2.75) is 20.5 Å². The molecule has 0 unspecified atom stereocenters. The van der Waals surface area contributed by atoms with Crippen LogP contribution in [0.3, 0.4) is 0 Å². The SMILES string of the molecule is CC(=O)NC1=NC(=O)/C(=C/c2ccc(OCc3ccc(C)cc3)c(Cl)c2)S1. The molecule has 0 aromatic heterocycles. The molecule has 1 N–H and O–H groups in total. The molecule has 0 radical (unpaired) electrons. The lowest BCUT2D eigenvalue weighted by molar-refractivity contribution is -0.117. The van der Waals surface area contributed by atoms with Gasteiger partial charge in [0.25, 0.3) is 5.91 Å². The van der Waals surface area contributed by atoms with E-state index in [1.807, 2.05) is 37.3 Å². The average molecular weight is 401 g/mol. The Hall–Kier alpha value is -2.57. The van der Waals surface area contributed by atoms with E-state index in [0.29, 0.717) is 22.3 Å². The van der Waals surface area contributed by atoms with Gasteiger partial charge in [0, 0.05) is 6.92 Å². The number of nitrogens with zero attached hydrogens (tertiary/aromatic N) is 1. The summed E-state index contributed by atoms with van der Waals surface area (Å²) >= 11 is 7.42. The quantitative estimate of drug-likeness (QED) is 0.775. The molecule has 138 valence electrons. The Balaban J connectivity index is 1.67. The van der Waals surface area contributed by atoms with Gasteiger partial charge in [-0.15, -0.1) is 0 Å². The van der Waals surface area contributed by atoms with E-state index in [2.05, 4.69) is 10.3 Å². The van der Waals surface area contributed by atoms with Crippen LogP contribution in [0.1, 0.15) is 23.6 Å². The molecule has 0 bridgehead atoms. The fraction of sp³-hybridized carbons (Fsp3) is 0.150. The van der Waals surface area contributed by atoms with Crippen molar-refractivity contribution >= 4 is 46.4 Å². The van der Waals surface area contributed by atoms with Crippen LogP contribution in [0.4, 0.5) is 0 Å². The van der Waals surface area contributed by atoms with E-state index in [4.69, 9.17) is 16.3 Å². The average Bonchev–Trinajstić information content (AvgIpc) is 2.94. The maximum Gasteiger partial charge on any atom is 0.286 e. The minimum atomic E-state index is -0.389. The maximum atomic E-state index is 11.9. The summed E-state index contributed by atoms with van der Waals surface area (Å²) < 4.78 is 5.77. The molecule has 0 aliphatic carbocycles. The number of nitrogens with one attached hydrogen (secondary N) is 1. The van der Waals surface area contributed by atoms with Gasteiger partial charge < -0.3 is 10.1 Å². The number of amidine groups is 1. The van der Waals surface area contributed by atoms with Crippen LogP contribution in [0, 0.1) is 6.92 Å². The molecule has 1 heterocycles. The summed E-state index contributed by atoms with van der Waals surface area (Å²) in [4.78, 5) is 27.2. The lowest BCUT2D eigenvalue weighted by Gasteiger charge is -2.09. The lowest BCUT2D eigenvalue weighted by Crippen LogP contribution is -2.23. The van der Waals surface area contributed by atoms with Crippen molar-refractivity contribution in [1.82, 2.24) is 5.32 Å². The van der Waals surface area contributed by atoms with Crippen molar-refractivity contribution in [2.24, 2.45) is 4.99 Å². The third-order valence-electron chi connectivity index (χ3n) is 3.67. The highest BCUT2D eigenvalue weighted by atomic mass is 35.5. The van der Waals surface area contributed by atoms with Gasteiger partial charge in [-0.2, -0.15) is 4.99 Å². The highest BCUT2D eigenvalue weighted by Crippen LogP contribution is 2.31. The molecule has 2 aromatic carbocycles. The Kier molecular flexibility index (Phi) is 5.98. The van der Waals surface area contributed by atoms with Gasteiger partial charge in [-0.1, -0.05) is 47.5 Å². The second kappa shape index (κ2) is 8.41. The predicted molar refractivity (Wildman–Crippen MR) is 109 cm³/mol. The van der Waals surface area contributed by atoms with Crippen LogP contribution in [-0.4, -0.2) is 17.0 Å². The van der Waals surface area contributed by atoms with E-state index >= 15 is 0 Å². The van der Waals surface area contributed by atoms with Gasteiger partial charge >= 0.3 is 0 Å². The molecule has 27 heavy (non-hydrogen) atoms. The van der Waals surface area contributed by atoms with Crippen LogP contribution in [0.2, 0.25) is 5.02 Å². The van der Waals surface area contributed by atoms with Crippen LogP contribution in [0.5, 0.6) is 5.75 Å². The summed E-state index contributed by atoms with van der Waals surface area (Å²) in [7, 11) is 0. The fourth-order valence-electron chi connectivity index (χ4n) is 2.33. The van der Waals surface area contributed by atoms with Crippen LogP contribution in [0.15, 0.2) is 52.4 Å². The van der Waals surface area contributed by atoms with Crippen LogP contribution in [-0.2, 0) is 16.2 Å². The van der Waals surface area contributed by atoms with E-state index in [0.717, 1.165) is 22.9 Å². The molecule has 1 aliphatic rings. The zero-order valence-corrected chi connectivity index (χ0v) is 16.4. The number of halogens is 1. The van der Waals surface area contributed by atoms with Crippen LogP contribution < -0.4 is 10.1 Å². The lowest BCUT2D eigenvalue weighted by atomic mass is 10.1. The number of aryl methyl sites for hydroxylation is 1. The van der Waals surface area contributed by atoms with Gasteiger partial charge in [0.15, 0.2) is 5.17 Å². The Morgan fingerprint density at radius 1 is 1.26 bits per heavy atom. The smallest absolute Gasteiger partial charge is 0.286 e. The summed E-state index contributed by atoms with van der Waals surface area (Å²) in [5.41, 5.74) is 3.00. The minimum Gasteiger partial charge on any atom is -0.487 e. The highest BCUT2D eigenvalue weighted by molar-refractivity contribution is 8.18.